The Morgan fingerprint density at radius 2 is 0.548 bits per heavy atom. The Kier molecular flexibility index (Phi) is 11.4. The van der Waals surface area contributed by atoms with Crippen molar-refractivity contribution in [3.63, 3.8) is 0 Å². The van der Waals surface area contributed by atoms with Crippen LogP contribution in [0.3, 0.4) is 0 Å². The van der Waals surface area contributed by atoms with Crippen LogP contribution < -0.4 is 0 Å². The maximum atomic E-state index is 2.46. The highest BCUT2D eigenvalue weighted by Gasteiger charge is 2.46. The van der Waals surface area contributed by atoms with Gasteiger partial charge in [-0.3, -0.25) is 0 Å². The molecule has 11 aromatic carbocycles. The summed E-state index contributed by atoms with van der Waals surface area (Å²) in [5.41, 5.74) is 26.4. The molecule has 0 atom stereocenters. The van der Waals surface area contributed by atoms with Gasteiger partial charge < -0.3 is 0 Å². The lowest BCUT2D eigenvalue weighted by Crippen LogP contribution is -2.28. The molecule has 0 heterocycles. The van der Waals surface area contributed by atoms with Crippen molar-refractivity contribution in [3.8, 4) is 89.0 Å². The van der Waals surface area contributed by atoms with E-state index in [0.717, 1.165) is 12.8 Å². The average Bonchev–Trinajstić information content (AvgIpc) is 3.79. The molecule has 13 rings (SSSR count). The Morgan fingerprint density at radius 3 is 0.959 bits per heavy atom. The summed E-state index contributed by atoms with van der Waals surface area (Å²) < 4.78 is 0. The third kappa shape index (κ3) is 8.18. The number of rotatable bonds is 10. The lowest BCUT2D eigenvalue weighted by Gasteiger charge is -2.34. The van der Waals surface area contributed by atoms with Gasteiger partial charge in [0.2, 0.25) is 0 Å². The van der Waals surface area contributed by atoms with Crippen LogP contribution in [0.2, 0.25) is 0 Å². The molecule has 0 amide bonds. The second-order valence-electron chi connectivity index (χ2n) is 19.5. The summed E-state index contributed by atoms with van der Waals surface area (Å²) in [6.45, 7) is 0. The molecule has 0 saturated heterocycles. The van der Waals surface area contributed by atoms with Gasteiger partial charge in [0.25, 0.3) is 0 Å². The van der Waals surface area contributed by atoms with E-state index in [9.17, 15) is 0 Å². The largest absolute Gasteiger partial charge is 0.0836 e. The third-order valence-electron chi connectivity index (χ3n) is 15.1. The number of hydrogen-bond donors (Lipinski definition) is 0. The Bertz CT molecular complexity index is 3790. The van der Waals surface area contributed by atoms with E-state index in [-0.39, 0.29) is 0 Å². The van der Waals surface area contributed by atoms with Crippen LogP contribution >= 0.6 is 0 Å². The third-order valence-corrected chi connectivity index (χ3v) is 15.1. The smallest absolute Gasteiger partial charge is 0.0713 e. The van der Waals surface area contributed by atoms with Gasteiger partial charge in [-0.2, -0.15) is 0 Å². The molecule has 0 nitrogen and oxygen atoms in total. The monoisotopic (exact) mass is 928 g/mol. The van der Waals surface area contributed by atoms with E-state index in [1.165, 1.54) is 122 Å². The lowest BCUT2D eigenvalue weighted by atomic mass is 9.67. The van der Waals surface area contributed by atoms with Crippen molar-refractivity contribution in [2.45, 2.75) is 18.3 Å². The fourth-order valence-corrected chi connectivity index (χ4v) is 11.6. The van der Waals surface area contributed by atoms with Crippen molar-refractivity contribution in [1.29, 1.82) is 0 Å². The molecule has 0 N–H and O–H groups in total. The normalized spacial score (nSPS) is 13.2. The maximum Gasteiger partial charge on any atom is 0.0713 e. The molecule has 0 radical (unpaired) electrons. The molecule has 2 aliphatic rings. The van der Waals surface area contributed by atoms with Crippen LogP contribution in [-0.2, 0) is 5.41 Å². The molecule has 0 spiro atoms. The molecule has 0 unspecified atom stereocenters. The van der Waals surface area contributed by atoms with E-state index in [4.69, 9.17) is 0 Å². The van der Waals surface area contributed by atoms with Gasteiger partial charge in [-0.1, -0.05) is 231 Å². The van der Waals surface area contributed by atoms with Crippen LogP contribution in [0.25, 0.3) is 94.6 Å². The first-order valence-corrected chi connectivity index (χ1v) is 25.6. The van der Waals surface area contributed by atoms with E-state index in [1.54, 1.807) is 0 Å². The van der Waals surface area contributed by atoms with Gasteiger partial charge in [0.15, 0.2) is 0 Å². The highest BCUT2D eigenvalue weighted by molar-refractivity contribution is 5.89. The van der Waals surface area contributed by atoms with Crippen LogP contribution in [0.5, 0.6) is 0 Å². The molecule has 0 bridgehead atoms. The molecule has 0 heteroatoms. The first kappa shape index (κ1) is 43.9. The molecule has 11 aromatic rings. The fraction of sp³-hybridized carbons (Fsp3) is 0.0411. The zero-order valence-electron chi connectivity index (χ0n) is 40.6. The summed E-state index contributed by atoms with van der Waals surface area (Å²) >= 11 is 0. The van der Waals surface area contributed by atoms with Crippen LogP contribution in [0, 0.1) is 0 Å². The Labute approximate surface area is 429 Å². The van der Waals surface area contributed by atoms with E-state index in [1.807, 2.05) is 0 Å². The summed E-state index contributed by atoms with van der Waals surface area (Å²) in [5, 5.41) is 0. The van der Waals surface area contributed by atoms with Gasteiger partial charge >= 0.3 is 0 Å². The van der Waals surface area contributed by atoms with E-state index < -0.39 is 5.41 Å². The molecule has 73 heavy (non-hydrogen) atoms. The average molecular weight is 929 g/mol. The van der Waals surface area contributed by atoms with Gasteiger partial charge in [0.05, 0.1) is 5.41 Å². The van der Waals surface area contributed by atoms with Gasteiger partial charge in [0.1, 0.15) is 0 Å². The molecule has 2 aliphatic carbocycles. The number of hydrogen-bond acceptors (Lipinski definition) is 0. The SMILES string of the molecule is C1=CC(c2cc(-c3ccccc3)cc(-c3cccc(-c4cccc(C5(c6cccc(-c7cccc(-c8cc(-c9ccccc9)cc(-c9ccccc9)c8)c7)c6)c6ccccc6-c6ccccc65)c4)c3)c2)=CCC1. The molecule has 344 valence electrons. The van der Waals surface area contributed by atoms with Crippen LogP contribution in [0.4, 0.5) is 0 Å². The summed E-state index contributed by atoms with van der Waals surface area (Å²) in [6, 6.07) is 101. The predicted molar refractivity (Wildman–Crippen MR) is 308 cm³/mol. The van der Waals surface area contributed by atoms with Crippen LogP contribution in [0.15, 0.2) is 291 Å². The second kappa shape index (κ2) is 18.9. The van der Waals surface area contributed by atoms with Crippen LogP contribution in [-0.4, -0.2) is 0 Å². The number of benzene rings is 11. The molecule has 0 saturated carbocycles. The molecule has 0 aliphatic heterocycles. The first-order valence-electron chi connectivity index (χ1n) is 25.6. The minimum atomic E-state index is -0.580. The molecular formula is C73H52. The fourth-order valence-electron chi connectivity index (χ4n) is 11.6. The minimum Gasteiger partial charge on any atom is -0.0836 e. The Morgan fingerprint density at radius 1 is 0.233 bits per heavy atom. The Balaban J connectivity index is 0.933. The van der Waals surface area contributed by atoms with Crippen molar-refractivity contribution >= 4 is 5.57 Å². The van der Waals surface area contributed by atoms with Gasteiger partial charge in [0, 0.05) is 0 Å². The lowest BCUT2D eigenvalue weighted by molar-refractivity contribution is 0.769. The molecular weight excluding hydrogens is 877 g/mol. The summed E-state index contributed by atoms with van der Waals surface area (Å²) in [6.07, 6.45) is 9.13. The molecule has 0 aromatic heterocycles. The van der Waals surface area contributed by atoms with Gasteiger partial charge in [-0.05, 0) is 196 Å². The van der Waals surface area contributed by atoms with Crippen molar-refractivity contribution in [2.24, 2.45) is 0 Å². The maximum absolute atomic E-state index is 2.46. The standard InChI is InChI=1S/C73H52/c1-5-21-51(22-6-1)61-43-62(52-23-7-2-8-24-52)46-65(45-61)57-31-17-29-55(41-57)59-33-19-35-67(49-59)73(71-39-15-13-37-69(71)70-38-14-16-40-72(70)73)68-36-20-34-60(50-68)56-30-18-32-58(42-56)66-47-63(53-25-9-3-10-26-53)44-64(48-66)54-27-11-4-12-28-54/h1-3,5-11,13-50H,4,12H2. The van der Waals surface area contributed by atoms with Gasteiger partial charge in [-0.15, -0.1) is 0 Å². The summed E-state index contributed by atoms with van der Waals surface area (Å²) in [4.78, 5) is 0. The van der Waals surface area contributed by atoms with Crippen molar-refractivity contribution in [2.75, 3.05) is 0 Å². The predicted octanol–water partition coefficient (Wildman–Crippen LogP) is 19.5. The zero-order chi connectivity index (χ0) is 48.6. The van der Waals surface area contributed by atoms with Crippen LogP contribution in [0.1, 0.15) is 40.7 Å². The van der Waals surface area contributed by atoms with Crippen molar-refractivity contribution in [1.82, 2.24) is 0 Å². The number of fused-ring (bicyclic) bond motifs is 3. The quantitative estimate of drug-likeness (QED) is 0.128. The summed E-state index contributed by atoms with van der Waals surface area (Å²) in [7, 11) is 0. The topological polar surface area (TPSA) is 0 Å². The second-order valence-corrected chi connectivity index (χ2v) is 19.5. The minimum absolute atomic E-state index is 0.580. The first-order chi connectivity index (χ1) is 36.2. The molecule has 0 fully saturated rings. The highest BCUT2D eigenvalue weighted by atomic mass is 14.5. The highest BCUT2D eigenvalue weighted by Crippen LogP contribution is 2.57. The number of allylic oxidation sites excluding steroid dienone is 4. The van der Waals surface area contributed by atoms with E-state index in [0.29, 0.717) is 0 Å². The van der Waals surface area contributed by atoms with Gasteiger partial charge in [-0.25, -0.2) is 0 Å². The van der Waals surface area contributed by atoms with E-state index in [2.05, 4.69) is 291 Å². The van der Waals surface area contributed by atoms with Crippen molar-refractivity contribution < 1.29 is 0 Å². The zero-order valence-corrected chi connectivity index (χ0v) is 40.6. The van der Waals surface area contributed by atoms with E-state index >= 15 is 0 Å². The Hall–Kier alpha value is -9.10. The van der Waals surface area contributed by atoms with Crippen molar-refractivity contribution in [3.05, 3.63) is 319 Å². The summed E-state index contributed by atoms with van der Waals surface area (Å²) in [5.74, 6) is 0.